The Bertz CT molecular complexity index is 524. The molecule has 0 amide bonds. The SMILES string of the molecule is CCN(C1CCCNC1)C(C)c1cc2ccccc2o1. The number of piperidine rings is 1. The van der Waals surface area contributed by atoms with Crippen molar-refractivity contribution >= 4 is 11.0 Å². The fourth-order valence-corrected chi connectivity index (χ4v) is 3.34. The standard InChI is InChI=1S/C17H24N2O/c1-3-19(15-8-6-10-18-12-15)13(2)17-11-14-7-4-5-9-16(14)20-17/h4-5,7,9,11,13,15,18H,3,6,8,10,12H2,1-2H3. The Morgan fingerprint density at radius 3 is 2.95 bits per heavy atom. The second-order valence-corrected chi connectivity index (χ2v) is 5.69. The van der Waals surface area contributed by atoms with E-state index in [4.69, 9.17) is 4.42 Å². The fourth-order valence-electron chi connectivity index (χ4n) is 3.34. The van der Waals surface area contributed by atoms with Gasteiger partial charge < -0.3 is 9.73 Å². The van der Waals surface area contributed by atoms with Crippen molar-refractivity contribution in [1.82, 2.24) is 10.2 Å². The predicted molar refractivity (Wildman–Crippen MR) is 82.9 cm³/mol. The number of hydrogen-bond acceptors (Lipinski definition) is 3. The highest BCUT2D eigenvalue weighted by Crippen LogP contribution is 2.29. The molecule has 1 N–H and O–H groups in total. The molecule has 3 rings (SSSR count). The molecule has 108 valence electrons. The molecular weight excluding hydrogens is 248 g/mol. The van der Waals surface area contributed by atoms with Crippen molar-refractivity contribution in [3.8, 4) is 0 Å². The van der Waals surface area contributed by atoms with E-state index in [1.54, 1.807) is 0 Å². The van der Waals surface area contributed by atoms with Crippen molar-refractivity contribution in [2.75, 3.05) is 19.6 Å². The summed E-state index contributed by atoms with van der Waals surface area (Å²) >= 11 is 0. The summed E-state index contributed by atoms with van der Waals surface area (Å²) in [6.07, 6.45) is 2.55. The highest BCUT2D eigenvalue weighted by Gasteiger charge is 2.26. The maximum absolute atomic E-state index is 6.04. The normalized spacial score (nSPS) is 21.4. The van der Waals surface area contributed by atoms with Gasteiger partial charge in [-0.15, -0.1) is 0 Å². The summed E-state index contributed by atoms with van der Waals surface area (Å²) < 4.78 is 6.04. The maximum Gasteiger partial charge on any atom is 0.134 e. The Morgan fingerprint density at radius 1 is 1.40 bits per heavy atom. The van der Waals surface area contributed by atoms with Crippen LogP contribution < -0.4 is 5.32 Å². The van der Waals surface area contributed by atoms with Crippen LogP contribution in [-0.2, 0) is 0 Å². The second-order valence-electron chi connectivity index (χ2n) is 5.69. The van der Waals surface area contributed by atoms with Gasteiger partial charge >= 0.3 is 0 Å². The van der Waals surface area contributed by atoms with E-state index in [-0.39, 0.29) is 0 Å². The Labute approximate surface area is 120 Å². The molecule has 2 heterocycles. The lowest BCUT2D eigenvalue weighted by molar-refractivity contribution is 0.116. The van der Waals surface area contributed by atoms with E-state index in [0.717, 1.165) is 31.0 Å². The second kappa shape index (κ2) is 5.98. The Kier molecular flexibility index (Phi) is 4.08. The van der Waals surface area contributed by atoms with Gasteiger partial charge in [0.05, 0.1) is 6.04 Å². The summed E-state index contributed by atoms with van der Waals surface area (Å²) in [5.74, 6) is 1.08. The van der Waals surface area contributed by atoms with Gasteiger partial charge in [-0.25, -0.2) is 0 Å². The van der Waals surface area contributed by atoms with Crippen LogP contribution in [0, 0.1) is 0 Å². The van der Waals surface area contributed by atoms with Crippen molar-refractivity contribution in [3.63, 3.8) is 0 Å². The number of rotatable bonds is 4. The molecule has 1 fully saturated rings. The molecule has 2 aromatic rings. The molecule has 1 aliphatic rings. The van der Waals surface area contributed by atoms with Crippen molar-refractivity contribution in [1.29, 1.82) is 0 Å². The van der Waals surface area contributed by atoms with Crippen LogP contribution >= 0.6 is 0 Å². The number of hydrogen-bond donors (Lipinski definition) is 1. The largest absolute Gasteiger partial charge is 0.459 e. The van der Waals surface area contributed by atoms with Gasteiger partial charge in [-0.3, -0.25) is 4.90 Å². The number of benzene rings is 1. The smallest absolute Gasteiger partial charge is 0.134 e. The lowest BCUT2D eigenvalue weighted by Crippen LogP contribution is -2.46. The van der Waals surface area contributed by atoms with Gasteiger partial charge in [-0.2, -0.15) is 0 Å². The molecule has 3 nitrogen and oxygen atoms in total. The van der Waals surface area contributed by atoms with Gasteiger partial charge in [0.15, 0.2) is 0 Å². The fraction of sp³-hybridized carbons (Fsp3) is 0.529. The van der Waals surface area contributed by atoms with E-state index in [2.05, 4.69) is 42.3 Å². The van der Waals surface area contributed by atoms with Crippen molar-refractivity contribution in [3.05, 3.63) is 36.1 Å². The molecule has 0 saturated carbocycles. The Morgan fingerprint density at radius 2 is 2.25 bits per heavy atom. The first-order valence-electron chi connectivity index (χ1n) is 7.74. The van der Waals surface area contributed by atoms with E-state index in [1.807, 2.05) is 12.1 Å². The number of nitrogens with one attached hydrogen (secondary N) is 1. The third-order valence-corrected chi connectivity index (χ3v) is 4.46. The van der Waals surface area contributed by atoms with Crippen LogP contribution in [0.2, 0.25) is 0 Å². The molecule has 2 atom stereocenters. The first-order chi connectivity index (χ1) is 9.79. The molecule has 3 heteroatoms. The average molecular weight is 272 g/mol. The van der Waals surface area contributed by atoms with E-state index in [1.165, 1.54) is 18.2 Å². The molecule has 20 heavy (non-hydrogen) atoms. The zero-order valence-corrected chi connectivity index (χ0v) is 12.4. The van der Waals surface area contributed by atoms with E-state index in [9.17, 15) is 0 Å². The van der Waals surface area contributed by atoms with E-state index in [0.29, 0.717) is 12.1 Å². The first kappa shape index (κ1) is 13.7. The summed E-state index contributed by atoms with van der Waals surface area (Å²) in [6, 6.07) is 11.4. The molecule has 1 aromatic heterocycles. The highest BCUT2D eigenvalue weighted by molar-refractivity contribution is 5.77. The summed E-state index contributed by atoms with van der Waals surface area (Å²) in [5, 5.41) is 4.71. The minimum Gasteiger partial charge on any atom is -0.459 e. The van der Waals surface area contributed by atoms with Gasteiger partial charge in [0.25, 0.3) is 0 Å². The van der Waals surface area contributed by atoms with Crippen LogP contribution in [0.15, 0.2) is 34.7 Å². The number of para-hydroxylation sites is 1. The predicted octanol–water partition coefficient (Wildman–Crippen LogP) is 3.57. The van der Waals surface area contributed by atoms with Gasteiger partial charge in [0, 0.05) is 18.0 Å². The monoisotopic (exact) mass is 272 g/mol. The van der Waals surface area contributed by atoms with Crippen molar-refractivity contribution in [2.24, 2.45) is 0 Å². The zero-order valence-electron chi connectivity index (χ0n) is 12.4. The van der Waals surface area contributed by atoms with Gasteiger partial charge in [0.1, 0.15) is 11.3 Å². The van der Waals surface area contributed by atoms with Crippen molar-refractivity contribution < 1.29 is 4.42 Å². The first-order valence-corrected chi connectivity index (χ1v) is 7.74. The molecule has 1 aliphatic heterocycles. The number of furan rings is 1. The molecule has 0 aliphatic carbocycles. The molecular formula is C17H24N2O. The minimum atomic E-state index is 0.331. The molecule has 0 radical (unpaired) electrons. The maximum atomic E-state index is 6.04. The zero-order chi connectivity index (χ0) is 13.9. The van der Waals surface area contributed by atoms with E-state index < -0.39 is 0 Å². The third kappa shape index (κ3) is 2.60. The average Bonchev–Trinajstić information content (AvgIpc) is 2.93. The van der Waals surface area contributed by atoms with Crippen LogP contribution in [0.5, 0.6) is 0 Å². The van der Waals surface area contributed by atoms with Gasteiger partial charge in [0.2, 0.25) is 0 Å². The summed E-state index contributed by atoms with van der Waals surface area (Å²) in [7, 11) is 0. The van der Waals surface area contributed by atoms with Crippen LogP contribution in [-0.4, -0.2) is 30.6 Å². The van der Waals surface area contributed by atoms with Gasteiger partial charge in [-0.05, 0) is 45.0 Å². The molecule has 2 unspecified atom stereocenters. The number of fused-ring (bicyclic) bond motifs is 1. The van der Waals surface area contributed by atoms with Gasteiger partial charge in [-0.1, -0.05) is 25.1 Å². The quantitative estimate of drug-likeness (QED) is 0.922. The van der Waals surface area contributed by atoms with Crippen molar-refractivity contribution in [2.45, 2.75) is 38.8 Å². The Balaban J connectivity index is 1.83. The lowest BCUT2D eigenvalue weighted by Gasteiger charge is -2.37. The summed E-state index contributed by atoms with van der Waals surface area (Å²) in [6.45, 7) is 7.82. The van der Waals surface area contributed by atoms with E-state index >= 15 is 0 Å². The Hall–Kier alpha value is -1.32. The molecule has 1 aromatic carbocycles. The molecule has 1 saturated heterocycles. The van der Waals surface area contributed by atoms with Crippen LogP contribution in [0.3, 0.4) is 0 Å². The number of nitrogens with zero attached hydrogens (tertiary/aromatic N) is 1. The lowest BCUT2D eigenvalue weighted by atomic mass is 10.0. The molecule has 0 spiro atoms. The third-order valence-electron chi connectivity index (χ3n) is 4.46. The summed E-state index contributed by atoms with van der Waals surface area (Å²) in [4.78, 5) is 2.56. The minimum absolute atomic E-state index is 0.331. The number of likely N-dealkylation sites (N-methyl/N-ethyl adjacent to an activating group) is 1. The highest BCUT2D eigenvalue weighted by atomic mass is 16.3. The van der Waals surface area contributed by atoms with Crippen LogP contribution in [0.4, 0.5) is 0 Å². The van der Waals surface area contributed by atoms with Crippen LogP contribution in [0.25, 0.3) is 11.0 Å². The summed E-state index contributed by atoms with van der Waals surface area (Å²) in [5.41, 5.74) is 0.993. The molecule has 0 bridgehead atoms. The van der Waals surface area contributed by atoms with Crippen LogP contribution in [0.1, 0.15) is 38.5 Å². The topological polar surface area (TPSA) is 28.4 Å².